The fraction of sp³-hybridized carbons (Fsp3) is 0. The number of H-pyrrole nitrogens is 3. The first-order valence-corrected chi connectivity index (χ1v) is 19.9. The summed E-state index contributed by atoms with van der Waals surface area (Å²) in [6.45, 7) is 0. The van der Waals surface area contributed by atoms with Gasteiger partial charge in [-0.1, -0.05) is 0 Å². The van der Waals surface area contributed by atoms with Crippen LogP contribution < -0.4 is 10.7 Å². The summed E-state index contributed by atoms with van der Waals surface area (Å²) in [5.41, 5.74) is -15.7. The van der Waals surface area contributed by atoms with E-state index in [0.717, 1.165) is 48.9 Å². The Bertz CT molecular complexity index is 3530. The van der Waals surface area contributed by atoms with E-state index in [1.165, 1.54) is 0 Å². The fourth-order valence-electron chi connectivity index (χ4n) is 7.88. The van der Waals surface area contributed by atoms with Crippen molar-refractivity contribution in [3.8, 4) is 0 Å². The van der Waals surface area contributed by atoms with Gasteiger partial charge in [0, 0.05) is 68.2 Å². The van der Waals surface area contributed by atoms with Gasteiger partial charge in [0.1, 0.15) is 0 Å². The van der Waals surface area contributed by atoms with E-state index >= 15 is 52.7 Å². The van der Waals surface area contributed by atoms with Crippen LogP contribution in [0.1, 0.15) is 45.0 Å². The Kier molecular flexibility index (Phi) is 12.3. The van der Waals surface area contributed by atoms with Gasteiger partial charge in [-0.15, -0.1) is 0 Å². The van der Waals surface area contributed by atoms with Gasteiger partial charge in [0.25, 0.3) is 0 Å². The van der Waals surface area contributed by atoms with Crippen molar-refractivity contribution in [2.24, 2.45) is 9.98 Å². The molecule has 25 heteroatoms. The first-order valence-electron chi connectivity index (χ1n) is 19.9. The van der Waals surface area contributed by atoms with Gasteiger partial charge in [0.15, 0.2) is 93.1 Å². The van der Waals surface area contributed by atoms with Crippen molar-refractivity contribution in [1.29, 1.82) is 0 Å². The number of aliphatic imine (C=N–C) groups is 2. The Balaban J connectivity index is 1.38. The van der Waals surface area contributed by atoms with Crippen molar-refractivity contribution in [2.75, 3.05) is 0 Å². The van der Waals surface area contributed by atoms with Gasteiger partial charge < -0.3 is 15.0 Å². The van der Waals surface area contributed by atoms with Gasteiger partial charge in [-0.2, -0.15) is 0 Å². The first kappa shape index (κ1) is 49.3. The quantitative estimate of drug-likeness (QED) is 0.0771. The van der Waals surface area contributed by atoms with Gasteiger partial charge in [-0.05, 0) is 60.7 Å². The highest BCUT2D eigenvalue weighted by molar-refractivity contribution is 5.91. The third-order valence-corrected chi connectivity index (χ3v) is 11.1. The average molecular weight is 1040 g/mol. The van der Waals surface area contributed by atoms with Crippen LogP contribution in [-0.2, 0) is 0 Å². The molecule has 372 valence electrons. The SMILES string of the molecule is Fc1c(F)c(F)c(/C(=C2\C=CC=N2)c2ccc(/C(c3c(F)c(F)c(F)c(F)c3F)=c3\cc/c(=C(\c4ccc(/C(=C5/C=CC=N5)c5c(F)c(F)c(F)c(F)c5F)[nH]4)c4c(F)c(F)c(F)c(F)c4F)[nH]3)[nH]2)c(F)c1F. The van der Waals surface area contributed by atoms with E-state index in [1.54, 1.807) is 0 Å². The van der Waals surface area contributed by atoms with Crippen molar-refractivity contribution in [1.82, 2.24) is 15.0 Å². The second-order valence-corrected chi connectivity index (χ2v) is 15.2. The number of nitrogens with one attached hydrogen (secondary N) is 3. The van der Waals surface area contributed by atoms with Crippen molar-refractivity contribution in [3.05, 3.63) is 244 Å². The van der Waals surface area contributed by atoms with Crippen LogP contribution in [0.2, 0.25) is 0 Å². The Labute approximate surface area is 391 Å². The smallest absolute Gasteiger partial charge is 0.200 e. The largest absolute Gasteiger partial charge is 0.354 e. The summed E-state index contributed by atoms with van der Waals surface area (Å²) in [4.78, 5) is 14.5. The number of hydrogen-bond acceptors (Lipinski definition) is 2. The number of hydrogen-bond donors (Lipinski definition) is 3. The van der Waals surface area contributed by atoms with E-state index in [2.05, 4.69) is 24.9 Å². The van der Waals surface area contributed by atoms with Crippen molar-refractivity contribution in [3.63, 3.8) is 0 Å². The molecule has 0 atom stereocenters. The Hall–Kier alpha value is -8.64. The zero-order valence-corrected chi connectivity index (χ0v) is 34.9. The highest BCUT2D eigenvalue weighted by atomic mass is 19.2. The number of allylic oxidation sites excluding steroid dienone is 4. The predicted molar refractivity (Wildman–Crippen MR) is 217 cm³/mol. The van der Waals surface area contributed by atoms with Gasteiger partial charge in [-0.25, -0.2) is 87.8 Å². The lowest BCUT2D eigenvalue weighted by Gasteiger charge is -2.14. The van der Waals surface area contributed by atoms with Crippen molar-refractivity contribution < 1.29 is 87.8 Å². The minimum absolute atomic E-state index is 0.543. The second kappa shape index (κ2) is 18.2. The maximum Gasteiger partial charge on any atom is 0.200 e. The van der Waals surface area contributed by atoms with Crippen molar-refractivity contribution >= 4 is 34.7 Å². The molecule has 2 aliphatic heterocycles. The lowest BCUT2D eigenvalue weighted by molar-refractivity contribution is 0.376. The minimum Gasteiger partial charge on any atom is -0.354 e. The summed E-state index contributed by atoms with van der Waals surface area (Å²) in [6.07, 6.45) is 6.20. The molecule has 0 spiro atoms. The molecule has 0 radical (unpaired) electrons. The predicted octanol–water partition coefficient (Wildman–Crippen LogP) is 11.7. The van der Waals surface area contributed by atoms with Crippen LogP contribution in [0.3, 0.4) is 0 Å². The standard InChI is InChI=1S/C48H15F20N5/c49-29-25(30(50)38(58)45(65)37(29)57)21(13-3-1-11-69-13)15-5-7-17(71-15)23(27-33(53)41(61)47(67)42(62)34(27)54)19-9-10-20(73-19)24(28-35(55)43(63)48(68)44(64)36(28)56)18-8-6-16(72-18)22(14-4-2-12-70-14)26-31(51)39(59)46(66)40(60)32(26)52/h1-12,71-73H/b21-13+,22-14+,23-19-,24-20-. The molecule has 9 rings (SSSR count). The van der Waals surface area contributed by atoms with Crippen LogP contribution in [0.4, 0.5) is 87.8 Å². The molecular weight excluding hydrogens is 1030 g/mol. The van der Waals surface area contributed by atoms with Crippen LogP contribution in [0, 0.1) is 116 Å². The number of aromatic nitrogens is 3. The van der Waals surface area contributed by atoms with Crippen LogP contribution in [-0.4, -0.2) is 27.4 Å². The number of nitrogens with zero attached hydrogens (tertiary/aromatic N) is 2. The molecule has 4 aromatic carbocycles. The maximum atomic E-state index is 15.9. The topological polar surface area (TPSA) is 72.1 Å². The number of rotatable bonds is 8. The molecule has 0 saturated heterocycles. The first-order chi connectivity index (χ1) is 34.6. The van der Waals surface area contributed by atoms with Crippen LogP contribution in [0.15, 0.2) is 82.1 Å². The summed E-state index contributed by atoms with van der Waals surface area (Å²) in [6, 6.07) is 4.21. The van der Waals surface area contributed by atoms with E-state index in [4.69, 9.17) is 0 Å². The molecule has 0 unspecified atom stereocenters. The average Bonchev–Trinajstić information content (AvgIpc) is 4.26. The van der Waals surface area contributed by atoms with E-state index in [1.807, 2.05) is 0 Å². The Morgan fingerprint density at radius 1 is 0.260 bits per heavy atom. The summed E-state index contributed by atoms with van der Waals surface area (Å²) in [5.74, 6) is -51.1. The fourth-order valence-corrected chi connectivity index (χ4v) is 7.88. The van der Waals surface area contributed by atoms with Gasteiger partial charge in [0.05, 0.1) is 33.6 Å². The molecule has 3 N–H and O–H groups in total. The molecule has 0 aliphatic carbocycles. The van der Waals surface area contributed by atoms with Crippen LogP contribution in [0.5, 0.6) is 0 Å². The van der Waals surface area contributed by atoms with Gasteiger partial charge in [-0.3, -0.25) is 9.98 Å². The lowest BCUT2D eigenvalue weighted by atomic mass is 9.98. The Morgan fingerprint density at radius 2 is 0.479 bits per heavy atom. The molecule has 0 bridgehead atoms. The van der Waals surface area contributed by atoms with Crippen LogP contribution >= 0.6 is 0 Å². The zero-order chi connectivity index (χ0) is 52.8. The van der Waals surface area contributed by atoms with Gasteiger partial charge in [0.2, 0.25) is 23.3 Å². The maximum absolute atomic E-state index is 15.9. The molecule has 73 heavy (non-hydrogen) atoms. The summed E-state index contributed by atoms with van der Waals surface area (Å²) < 4.78 is 301. The molecule has 0 saturated carbocycles. The molecule has 5 nitrogen and oxygen atoms in total. The van der Waals surface area contributed by atoms with E-state index in [-0.39, 0.29) is 0 Å². The van der Waals surface area contributed by atoms with Crippen LogP contribution in [0.25, 0.3) is 22.3 Å². The Morgan fingerprint density at radius 3 is 0.712 bits per heavy atom. The van der Waals surface area contributed by atoms with Gasteiger partial charge >= 0.3 is 0 Å². The lowest BCUT2D eigenvalue weighted by Crippen LogP contribution is -2.21. The highest BCUT2D eigenvalue weighted by Crippen LogP contribution is 2.40. The second-order valence-electron chi connectivity index (χ2n) is 15.2. The molecule has 2 aliphatic rings. The molecular formula is C48H15F20N5. The molecule has 0 amide bonds. The molecule has 3 aromatic heterocycles. The summed E-state index contributed by atoms with van der Waals surface area (Å²) in [5, 5.41) is -1.86. The molecule has 0 fully saturated rings. The molecule has 5 heterocycles. The highest BCUT2D eigenvalue weighted by Gasteiger charge is 2.36. The normalized spacial score (nSPS) is 15.4. The minimum atomic E-state index is -2.72. The van der Waals surface area contributed by atoms with E-state index in [9.17, 15) is 35.1 Å². The van der Waals surface area contributed by atoms with Crippen molar-refractivity contribution in [2.45, 2.75) is 0 Å². The zero-order valence-electron chi connectivity index (χ0n) is 34.9. The third kappa shape index (κ3) is 7.67. The van der Waals surface area contributed by atoms with E-state index < -0.39 is 206 Å². The number of aromatic amines is 3. The number of halogens is 20. The van der Waals surface area contributed by atoms with E-state index in [0.29, 0.717) is 24.3 Å². The third-order valence-electron chi connectivity index (χ3n) is 11.1. The summed E-state index contributed by atoms with van der Waals surface area (Å²) >= 11 is 0. The summed E-state index contributed by atoms with van der Waals surface area (Å²) in [7, 11) is 0. The number of benzene rings is 4. The molecule has 7 aromatic rings. The monoisotopic (exact) mass is 1040 g/mol.